The molecule has 1 aromatic rings. The average molecular weight is 1420 g/mol. The van der Waals surface area contributed by atoms with E-state index in [1.165, 1.54) is 6.20 Å². The predicted octanol–water partition coefficient (Wildman–Crippen LogP) is -13.8. The van der Waals surface area contributed by atoms with Crippen molar-refractivity contribution in [1.82, 2.24) is 68.0 Å². The van der Waals surface area contributed by atoms with Gasteiger partial charge in [0, 0.05) is 45.1 Å². The monoisotopic (exact) mass is 1420 g/mol. The Morgan fingerprint density at radius 1 is 0.626 bits per heavy atom. The van der Waals surface area contributed by atoms with Crippen LogP contribution in [0.4, 0.5) is 0 Å². The number of nitrogens with two attached hydrogens (primary N) is 1. The summed E-state index contributed by atoms with van der Waals surface area (Å²) in [6.45, 7) is 1.03. The van der Waals surface area contributed by atoms with Crippen molar-refractivity contribution in [1.29, 1.82) is 0 Å². The quantitative estimate of drug-likeness (QED) is 0.0294. The number of carbonyl (C=O) groups excluding carboxylic acids is 11. The second-order valence-electron chi connectivity index (χ2n) is 23.7. The molecule has 0 radical (unpaired) electrons. The van der Waals surface area contributed by atoms with E-state index in [-0.39, 0.29) is 25.1 Å². The van der Waals surface area contributed by atoms with Crippen LogP contribution in [0.25, 0.3) is 0 Å². The Bertz CT molecular complexity index is 2950. The van der Waals surface area contributed by atoms with E-state index in [1.54, 1.807) is 0 Å². The molecule has 3 saturated heterocycles. The van der Waals surface area contributed by atoms with Gasteiger partial charge in [-0.05, 0) is 47.0 Å². The third kappa shape index (κ3) is 24.0. The van der Waals surface area contributed by atoms with Crippen LogP contribution in [0.2, 0.25) is 0 Å². The molecule has 0 unspecified atom stereocenters. The smallest absolute Gasteiger partial charge is 0.322 e. The Morgan fingerprint density at radius 3 is 1.65 bits per heavy atom. The van der Waals surface area contributed by atoms with Crippen molar-refractivity contribution in [2.24, 2.45) is 5.73 Å². The highest BCUT2D eigenvalue weighted by molar-refractivity contribution is 5.99. The molecule has 3 aliphatic heterocycles. The van der Waals surface area contributed by atoms with E-state index in [9.17, 15) is 119 Å². The molecule has 23 atom stereocenters. The number of imidazole rings is 1. The van der Waals surface area contributed by atoms with Crippen molar-refractivity contribution in [2.75, 3.05) is 39.5 Å². The lowest BCUT2D eigenvalue weighted by atomic mass is 9.96. The highest BCUT2D eigenvalue weighted by Crippen LogP contribution is 2.28. The summed E-state index contributed by atoms with van der Waals surface area (Å²) < 4.78 is 23.4. The zero-order valence-electron chi connectivity index (χ0n) is 54.5. The molecule has 0 aliphatic carbocycles. The first-order valence-electron chi connectivity index (χ1n) is 31.0. The number of aliphatic carboxylic acids is 2. The Hall–Kier alpha value is -8.28. The topological polar surface area (TPSA) is 680 Å². The molecule has 558 valence electrons. The number of aromatic nitrogens is 2. The normalized spacial score (nSPS) is 25.8. The molecule has 3 aliphatic rings. The number of nitrogens with one attached hydrogen (secondary N) is 11. The zero-order chi connectivity index (χ0) is 74.4. The fraction of sp³-hybridized carbons (Fsp3) is 0.714. The van der Waals surface area contributed by atoms with Gasteiger partial charge in [-0.2, -0.15) is 0 Å². The van der Waals surface area contributed by atoms with Crippen molar-refractivity contribution in [3.05, 3.63) is 18.2 Å². The summed E-state index contributed by atoms with van der Waals surface area (Å²) in [6, 6.07) is -20.5. The van der Waals surface area contributed by atoms with E-state index in [4.69, 9.17) is 29.8 Å². The van der Waals surface area contributed by atoms with Crippen LogP contribution >= 0.6 is 0 Å². The van der Waals surface area contributed by atoms with Crippen LogP contribution in [0, 0.1) is 0 Å². The Kier molecular flexibility index (Phi) is 32.7. The number of ether oxygens (including phenoxy) is 4. The van der Waals surface area contributed by atoms with Crippen molar-refractivity contribution in [3.8, 4) is 0 Å². The molecule has 4 heterocycles. The Labute approximate surface area is 563 Å². The minimum Gasteiger partial charge on any atom is -0.481 e. The van der Waals surface area contributed by atoms with Crippen molar-refractivity contribution >= 4 is 76.9 Å². The van der Waals surface area contributed by atoms with Crippen LogP contribution < -0.4 is 58.9 Å². The van der Waals surface area contributed by atoms with Gasteiger partial charge in [-0.1, -0.05) is 0 Å². The lowest BCUT2D eigenvalue weighted by Crippen LogP contribution is -2.68. The molecule has 0 spiro atoms. The third-order valence-corrected chi connectivity index (χ3v) is 15.9. The SMILES string of the molecule is CC(=O)N[C@H]1[C@@H](O[C@H](C)[C@H](NC(=O)[C@@H](NC(=O)[C@H](CCC(=O)O)NC(=O)[C@@H](N)[C@@H](C)O)[C@@H](C)O)C(=O)N[C@@H](CO)C(=O)N[C@@H](Cc2cnc[nH]2)C(=O)N[C@@H](CO)C(=O)N[C@H](C(=O)N2CCC[C@H]2C(=O)NCC(=O)O)[C@@H](C)O)O[C@H](CO[C@@H]2O[C@H](CO)[C@@H](O)[C@H](O)[C@H]2NC(C)=O)[C@H](O)[C@@H]1O. The molecule has 43 nitrogen and oxygen atoms in total. The number of rotatable bonds is 37. The van der Waals surface area contributed by atoms with Crippen molar-refractivity contribution in [2.45, 2.75) is 214 Å². The fourth-order valence-electron chi connectivity index (χ4n) is 10.4. The number of H-pyrrole nitrogens is 1. The van der Waals surface area contributed by atoms with Crippen LogP contribution in [-0.4, -0.2) is 333 Å². The molecule has 4 rings (SSSR count). The number of carboxylic acid groups (broad SMARTS) is 2. The largest absolute Gasteiger partial charge is 0.481 e. The molecule has 11 amide bonds. The maximum absolute atomic E-state index is 14.8. The van der Waals surface area contributed by atoms with Gasteiger partial charge >= 0.3 is 11.9 Å². The first kappa shape index (κ1) is 83.1. The lowest BCUT2D eigenvalue weighted by molar-refractivity contribution is -0.308. The van der Waals surface area contributed by atoms with Crippen LogP contribution in [-0.2, 0) is 87.7 Å². The summed E-state index contributed by atoms with van der Waals surface area (Å²) in [4.78, 5) is 180. The maximum atomic E-state index is 14.8. The highest BCUT2D eigenvalue weighted by Gasteiger charge is 2.51. The lowest BCUT2D eigenvalue weighted by Gasteiger charge is -2.45. The van der Waals surface area contributed by atoms with Crippen LogP contribution in [0.5, 0.6) is 0 Å². The van der Waals surface area contributed by atoms with Gasteiger partial charge in [0.25, 0.3) is 0 Å². The summed E-state index contributed by atoms with van der Waals surface area (Å²) >= 11 is 0. The van der Waals surface area contributed by atoms with Crippen LogP contribution in [0.1, 0.15) is 72.9 Å². The summed E-state index contributed by atoms with van der Waals surface area (Å²) in [5.41, 5.74) is 5.83. The van der Waals surface area contributed by atoms with Gasteiger partial charge in [-0.3, -0.25) is 62.3 Å². The first-order valence-corrected chi connectivity index (χ1v) is 31.0. The minimum absolute atomic E-state index is 0.0628. The standard InChI is InChI=1S/C56H90N14O29/c1-20(74)36(57)51(92)63-27(9-10-34(79)80)46(87)67-37(21(2)75)52(93)69-39(23(4)97-56-41(62-25(6)78)45(86)43(84)33(99-56)18-96-55-40(61-24(5)77)44(85)42(83)32(17-73)98-55)53(94)66-29(15-71)48(89)64-28(12-26-13-58-19-60-26)47(88)65-30(16-72)49(90)68-38(22(3)76)54(95)70-11-7-8-31(70)50(91)59-14-35(81)82/h13,19-23,27-33,36-45,55-56,71-76,83-86H,7-12,14-18,57H2,1-6H3,(H,58,60)(H,59,91)(H,61,77)(H,62,78)(H,63,92)(H,64,89)(H,65,88)(H,66,94)(H,67,87)(H,68,90)(H,69,93)(H,79,80)(H,81,82)/t20-,21-,22-,23-,27+,28+,29+,30+,31+,32-,33-,36+,37+,38+,39+,40-,41-,42-,43+,44-,45-,55-,56+/m1/s1. The number of carbonyl (C=O) groups is 13. The number of aliphatic hydroxyl groups is 10. The molecule has 1 aromatic heterocycles. The number of hydrogen-bond acceptors (Lipinski definition) is 29. The summed E-state index contributed by atoms with van der Waals surface area (Å²) in [5.74, 6) is -15.9. The molecular formula is C56H90N14O29. The van der Waals surface area contributed by atoms with Crippen LogP contribution in [0.3, 0.4) is 0 Å². The summed E-state index contributed by atoms with van der Waals surface area (Å²) in [7, 11) is 0. The number of hydrogen-bond donors (Lipinski definition) is 24. The molecule has 3 fully saturated rings. The minimum atomic E-state index is -2.31. The third-order valence-electron chi connectivity index (χ3n) is 15.9. The Balaban J connectivity index is 1.71. The molecular weight excluding hydrogens is 1330 g/mol. The van der Waals surface area contributed by atoms with E-state index in [0.717, 1.165) is 52.8 Å². The average Bonchev–Trinajstić information content (AvgIpc) is 1.22. The molecule has 43 heteroatoms. The molecule has 99 heavy (non-hydrogen) atoms. The highest BCUT2D eigenvalue weighted by atomic mass is 16.7. The van der Waals surface area contributed by atoms with E-state index in [0.29, 0.717) is 0 Å². The maximum Gasteiger partial charge on any atom is 0.322 e. The second-order valence-corrected chi connectivity index (χ2v) is 23.7. The van der Waals surface area contributed by atoms with E-state index in [2.05, 4.69) is 63.1 Å². The van der Waals surface area contributed by atoms with E-state index < -0.39 is 269 Å². The van der Waals surface area contributed by atoms with Gasteiger partial charge in [0.05, 0.1) is 57.2 Å². The fourth-order valence-corrected chi connectivity index (χ4v) is 10.4. The van der Waals surface area contributed by atoms with Gasteiger partial charge in [0.2, 0.25) is 65.0 Å². The predicted molar refractivity (Wildman–Crippen MR) is 325 cm³/mol. The van der Waals surface area contributed by atoms with Gasteiger partial charge in [-0.15, -0.1) is 0 Å². The first-order chi connectivity index (χ1) is 46.5. The second kappa shape index (κ2) is 38.9. The number of nitrogens with zero attached hydrogens (tertiary/aromatic N) is 2. The number of amides is 11. The Morgan fingerprint density at radius 2 is 1.12 bits per heavy atom. The molecule has 0 bridgehead atoms. The van der Waals surface area contributed by atoms with E-state index in [1.807, 2.05) is 0 Å². The number of carboxylic acids is 2. The van der Waals surface area contributed by atoms with Gasteiger partial charge < -0.3 is 149 Å². The molecule has 25 N–H and O–H groups in total. The number of aromatic amines is 1. The van der Waals surface area contributed by atoms with Crippen molar-refractivity contribution in [3.63, 3.8) is 0 Å². The van der Waals surface area contributed by atoms with Gasteiger partial charge in [-0.25, -0.2) is 4.98 Å². The summed E-state index contributed by atoms with van der Waals surface area (Å²) in [6.07, 6.45) is -21.2. The summed E-state index contributed by atoms with van der Waals surface area (Å²) in [5, 5.41) is 147. The van der Waals surface area contributed by atoms with Gasteiger partial charge in [0.1, 0.15) is 110 Å². The van der Waals surface area contributed by atoms with Crippen molar-refractivity contribution < 1.29 is 143 Å². The molecule has 0 aromatic carbocycles. The zero-order valence-corrected chi connectivity index (χ0v) is 54.5. The number of likely N-dealkylation sites (tertiary alicyclic amines) is 1. The van der Waals surface area contributed by atoms with Gasteiger partial charge in [0.15, 0.2) is 12.6 Å². The van der Waals surface area contributed by atoms with Crippen LogP contribution in [0.15, 0.2) is 12.5 Å². The molecule has 0 saturated carbocycles. The number of aliphatic hydroxyl groups excluding tert-OH is 10. The van der Waals surface area contributed by atoms with E-state index >= 15 is 0 Å².